The fraction of sp³-hybridized carbons (Fsp3) is 0.138. The van der Waals surface area contributed by atoms with Crippen molar-refractivity contribution < 1.29 is 18.7 Å². The maximum Gasteiger partial charge on any atom is 0.197 e. The summed E-state index contributed by atoms with van der Waals surface area (Å²) in [6.45, 7) is 1.88. The molecule has 0 unspecified atom stereocenters. The number of rotatable bonds is 6. The minimum atomic E-state index is -0.273. The van der Waals surface area contributed by atoms with Crippen LogP contribution in [0, 0.1) is 12.7 Å². The molecule has 174 valence electrons. The van der Waals surface area contributed by atoms with Crippen molar-refractivity contribution >= 4 is 33.6 Å². The molecule has 2 aromatic heterocycles. The van der Waals surface area contributed by atoms with Gasteiger partial charge in [0.1, 0.15) is 23.1 Å². The van der Waals surface area contributed by atoms with Gasteiger partial charge in [-0.3, -0.25) is 0 Å². The van der Waals surface area contributed by atoms with Gasteiger partial charge in [-0.05, 0) is 85.0 Å². The maximum absolute atomic E-state index is 13.7. The number of hydrogen-bond donors (Lipinski definition) is 1. The summed E-state index contributed by atoms with van der Waals surface area (Å²) in [6, 6.07) is 17.8. The number of hydrogen-bond acceptors (Lipinski definition) is 5. The quantitative estimate of drug-likeness (QED) is 0.263. The van der Waals surface area contributed by atoms with Crippen molar-refractivity contribution in [2.24, 2.45) is 0 Å². The van der Waals surface area contributed by atoms with E-state index in [0.29, 0.717) is 17.4 Å². The number of aromatic hydroxyl groups is 1. The highest BCUT2D eigenvalue weighted by Crippen LogP contribution is 2.48. The normalized spacial score (nSPS) is 13.7. The largest absolute Gasteiger partial charge is 0.508 e. The number of benzene rings is 3. The maximum atomic E-state index is 13.7. The van der Waals surface area contributed by atoms with Gasteiger partial charge in [-0.2, -0.15) is 0 Å². The number of fused-ring (bicyclic) bond motifs is 1. The molecule has 1 aliphatic rings. The third-order valence-electron chi connectivity index (χ3n) is 6.07. The summed E-state index contributed by atoms with van der Waals surface area (Å²) < 4.78 is 26.8. The molecule has 1 fully saturated rings. The van der Waals surface area contributed by atoms with Crippen LogP contribution in [0.3, 0.4) is 0 Å². The van der Waals surface area contributed by atoms with Crippen molar-refractivity contribution in [1.82, 2.24) is 4.98 Å². The molecule has 1 saturated carbocycles. The van der Waals surface area contributed by atoms with E-state index >= 15 is 0 Å². The van der Waals surface area contributed by atoms with Crippen LogP contribution in [0.15, 0.2) is 71.3 Å². The number of ether oxygens (including phenoxy) is 1. The highest BCUT2D eigenvalue weighted by Gasteiger charge is 2.28. The first-order valence-corrected chi connectivity index (χ1v) is 12.3. The molecule has 0 bridgehead atoms. The van der Waals surface area contributed by atoms with Crippen LogP contribution in [0.25, 0.3) is 32.7 Å². The van der Waals surface area contributed by atoms with Crippen molar-refractivity contribution in [3.63, 3.8) is 0 Å². The molecule has 0 radical (unpaired) electrons. The van der Waals surface area contributed by atoms with E-state index in [1.807, 2.05) is 49.4 Å². The Hall–Kier alpha value is -3.90. The summed E-state index contributed by atoms with van der Waals surface area (Å²) in [6.07, 6.45) is 7.99. The van der Waals surface area contributed by atoms with E-state index in [0.717, 1.165) is 56.1 Å². The third-order valence-corrected chi connectivity index (χ3v) is 7.24. The first-order chi connectivity index (χ1) is 17.0. The first-order valence-electron chi connectivity index (χ1n) is 11.5. The van der Waals surface area contributed by atoms with Gasteiger partial charge in [-0.15, -0.1) is 11.3 Å². The Balaban J connectivity index is 1.29. The molecule has 35 heavy (non-hydrogen) atoms. The Bertz CT molecular complexity index is 1560. The van der Waals surface area contributed by atoms with Crippen LogP contribution in [0.5, 0.6) is 17.2 Å². The molecule has 6 rings (SSSR count). The lowest BCUT2D eigenvalue weighted by Gasteiger charge is -2.10. The molecule has 1 aliphatic carbocycles. The van der Waals surface area contributed by atoms with Gasteiger partial charge in [0.2, 0.25) is 0 Å². The van der Waals surface area contributed by atoms with Crippen molar-refractivity contribution in [2.45, 2.75) is 25.7 Å². The van der Waals surface area contributed by atoms with Gasteiger partial charge in [0.05, 0.1) is 11.1 Å². The number of thiophene rings is 1. The number of oxazole rings is 1. The Morgan fingerprint density at radius 3 is 2.66 bits per heavy atom. The van der Waals surface area contributed by atoms with Crippen LogP contribution in [-0.4, -0.2) is 10.1 Å². The summed E-state index contributed by atoms with van der Waals surface area (Å²) in [5.74, 6) is 3.37. The molecular formula is C29H22FNO3S. The van der Waals surface area contributed by atoms with Crippen LogP contribution in [0.1, 0.15) is 41.5 Å². The highest BCUT2D eigenvalue weighted by molar-refractivity contribution is 7.22. The van der Waals surface area contributed by atoms with Gasteiger partial charge in [-0.25, -0.2) is 9.37 Å². The van der Waals surface area contributed by atoms with E-state index in [9.17, 15) is 9.50 Å². The number of aromatic nitrogens is 1. The van der Waals surface area contributed by atoms with Gasteiger partial charge in [0.15, 0.2) is 11.6 Å². The monoisotopic (exact) mass is 483 g/mol. The Morgan fingerprint density at radius 2 is 1.89 bits per heavy atom. The zero-order valence-corrected chi connectivity index (χ0v) is 19.8. The lowest BCUT2D eigenvalue weighted by atomic mass is 10.1. The van der Waals surface area contributed by atoms with Gasteiger partial charge >= 0.3 is 0 Å². The average molecular weight is 484 g/mol. The molecule has 0 spiro atoms. The van der Waals surface area contributed by atoms with Crippen LogP contribution < -0.4 is 4.74 Å². The standard InChI is InChI=1S/C29H22FNO3S/c1-17-14-20(30)7-12-24(17)28-27(25-13-8-21(32)15-26(25)35-28)33-22-9-2-18(3-10-22)4-11-23-16-31-29(34-23)19-5-6-19/h2-4,7-16,19,32H,5-6H2,1H3/b11-4+. The predicted octanol–water partition coefficient (Wildman–Crippen LogP) is 8.55. The second-order valence-corrected chi connectivity index (χ2v) is 9.83. The van der Waals surface area contributed by atoms with Crippen molar-refractivity contribution in [3.8, 4) is 27.7 Å². The predicted molar refractivity (Wildman–Crippen MR) is 138 cm³/mol. The van der Waals surface area contributed by atoms with Crippen LogP contribution in [0.2, 0.25) is 0 Å². The van der Waals surface area contributed by atoms with Gasteiger partial charge < -0.3 is 14.3 Å². The minimum absolute atomic E-state index is 0.194. The SMILES string of the molecule is Cc1cc(F)ccc1-c1sc2cc(O)ccc2c1Oc1ccc(/C=C/c2cnc(C3CC3)o2)cc1. The van der Waals surface area contributed by atoms with Crippen LogP contribution in [-0.2, 0) is 0 Å². The zero-order chi connectivity index (χ0) is 23.9. The molecule has 0 saturated heterocycles. The summed E-state index contributed by atoms with van der Waals surface area (Å²) in [7, 11) is 0. The fourth-order valence-corrected chi connectivity index (χ4v) is 5.32. The molecule has 4 nitrogen and oxygen atoms in total. The fourth-order valence-electron chi connectivity index (χ4n) is 4.06. The van der Waals surface area contributed by atoms with E-state index in [4.69, 9.17) is 9.15 Å². The van der Waals surface area contributed by atoms with E-state index in [-0.39, 0.29) is 11.6 Å². The van der Waals surface area contributed by atoms with Gasteiger partial charge in [-0.1, -0.05) is 24.3 Å². The average Bonchev–Trinajstić information content (AvgIpc) is 3.49. The summed E-state index contributed by atoms with van der Waals surface area (Å²) in [5, 5.41) is 10.9. The zero-order valence-electron chi connectivity index (χ0n) is 19.0. The Morgan fingerprint density at radius 1 is 1.06 bits per heavy atom. The number of nitrogens with zero attached hydrogens (tertiary/aromatic N) is 1. The molecule has 2 heterocycles. The van der Waals surface area contributed by atoms with E-state index < -0.39 is 0 Å². The molecule has 3 aromatic carbocycles. The molecule has 0 aliphatic heterocycles. The van der Waals surface area contributed by atoms with Crippen LogP contribution >= 0.6 is 11.3 Å². The number of halogens is 1. The topological polar surface area (TPSA) is 55.5 Å². The van der Waals surface area contributed by atoms with E-state index in [1.165, 1.54) is 23.5 Å². The molecule has 0 amide bonds. The summed E-state index contributed by atoms with van der Waals surface area (Å²) in [4.78, 5) is 5.24. The van der Waals surface area contributed by atoms with Crippen molar-refractivity contribution in [2.75, 3.05) is 0 Å². The lowest BCUT2D eigenvalue weighted by Crippen LogP contribution is -1.88. The molecule has 0 atom stereocenters. The van der Waals surface area contributed by atoms with E-state index in [1.54, 1.807) is 24.4 Å². The first kappa shape index (κ1) is 21.6. The molecular weight excluding hydrogens is 461 g/mol. The van der Waals surface area contributed by atoms with E-state index in [2.05, 4.69) is 4.98 Å². The Kier molecular flexibility index (Phi) is 5.38. The smallest absolute Gasteiger partial charge is 0.197 e. The number of phenols is 1. The number of aryl methyl sites for hydroxylation is 1. The number of phenolic OH excluding ortho intramolecular Hbond substituents is 1. The molecule has 5 aromatic rings. The van der Waals surface area contributed by atoms with Crippen molar-refractivity contribution in [3.05, 3.63) is 95.5 Å². The minimum Gasteiger partial charge on any atom is -0.508 e. The summed E-state index contributed by atoms with van der Waals surface area (Å²) >= 11 is 1.51. The second kappa shape index (κ2) is 8.71. The molecule has 1 N–H and O–H groups in total. The molecule has 6 heteroatoms. The third kappa shape index (κ3) is 4.45. The van der Waals surface area contributed by atoms with Crippen LogP contribution in [0.4, 0.5) is 4.39 Å². The van der Waals surface area contributed by atoms with Gasteiger partial charge in [0, 0.05) is 16.0 Å². The lowest BCUT2D eigenvalue weighted by molar-refractivity contribution is 0.476. The second-order valence-electron chi connectivity index (χ2n) is 8.78. The highest BCUT2D eigenvalue weighted by atomic mass is 32.1. The Labute approximate surface area is 206 Å². The van der Waals surface area contributed by atoms with Crippen molar-refractivity contribution in [1.29, 1.82) is 0 Å². The van der Waals surface area contributed by atoms with Gasteiger partial charge in [0.25, 0.3) is 0 Å². The summed E-state index contributed by atoms with van der Waals surface area (Å²) in [5.41, 5.74) is 2.74.